The van der Waals surface area contributed by atoms with Crippen molar-refractivity contribution in [3.63, 3.8) is 0 Å². The second kappa shape index (κ2) is 23.3. The molecule has 0 aliphatic rings. The van der Waals surface area contributed by atoms with Gasteiger partial charge in [0.2, 0.25) is 0 Å². The molecule has 0 saturated carbocycles. The van der Waals surface area contributed by atoms with E-state index < -0.39 is 18.4 Å². The highest BCUT2D eigenvalue weighted by molar-refractivity contribution is 6.32. The maximum Gasteiger partial charge on any atom is 0.169 e. The number of hydrogen-bond donors (Lipinski definition) is 5. The molecule has 15 heteroatoms. The van der Waals surface area contributed by atoms with Crippen molar-refractivity contribution in [2.45, 2.75) is 78.8 Å². The molecule has 0 spiro atoms. The molecule has 5 N–H and O–H groups in total. The van der Waals surface area contributed by atoms with E-state index in [0.29, 0.717) is 44.2 Å². The van der Waals surface area contributed by atoms with E-state index in [1.165, 1.54) is 6.92 Å². The number of hydrogen-bond acceptors (Lipinski definition) is 13. The fraction of sp³-hybridized carbons (Fsp3) is 0.280. The molecule has 13 nitrogen and oxygen atoms in total. The van der Waals surface area contributed by atoms with E-state index in [9.17, 15) is 20.4 Å². The van der Waals surface area contributed by atoms with Crippen LogP contribution in [0.25, 0.3) is 11.1 Å². The monoisotopic (exact) mass is 921 g/mol. The summed E-state index contributed by atoms with van der Waals surface area (Å²) < 4.78 is 25.1. The van der Waals surface area contributed by atoms with Gasteiger partial charge in [-0.25, -0.2) is 0 Å². The van der Waals surface area contributed by atoms with Crippen LogP contribution in [-0.4, -0.2) is 75.4 Å². The third kappa shape index (κ3) is 12.9. The van der Waals surface area contributed by atoms with E-state index in [0.717, 1.165) is 55.6 Å². The lowest BCUT2D eigenvalue weighted by atomic mass is 9.92. The van der Waals surface area contributed by atoms with Crippen molar-refractivity contribution in [3.8, 4) is 34.1 Å². The molecule has 65 heavy (non-hydrogen) atoms. The molecular weight excluding hydrogens is 869 g/mol. The second-order valence-electron chi connectivity index (χ2n) is 15.4. The van der Waals surface area contributed by atoms with Gasteiger partial charge in [-0.2, -0.15) is 0 Å². The number of halogens is 2. The number of pyridine rings is 2. The van der Waals surface area contributed by atoms with Gasteiger partial charge in [-0.3, -0.25) is 20.0 Å². The molecule has 0 aliphatic carbocycles. The van der Waals surface area contributed by atoms with Crippen LogP contribution >= 0.6 is 23.2 Å². The Balaban J connectivity index is 1.19. The zero-order chi connectivity index (χ0) is 46.5. The molecule has 0 fully saturated rings. The molecule has 4 aromatic carbocycles. The number of ether oxygens (including phenoxy) is 4. The fourth-order valence-electron chi connectivity index (χ4n) is 7.17. The van der Waals surface area contributed by atoms with Gasteiger partial charge < -0.3 is 44.7 Å². The maximum atomic E-state index is 10.1. The van der Waals surface area contributed by atoms with Crippen LogP contribution in [0.1, 0.15) is 62.6 Å². The smallest absolute Gasteiger partial charge is 0.169 e. The van der Waals surface area contributed by atoms with Gasteiger partial charge in [0.1, 0.15) is 49.4 Å². The third-order valence-corrected chi connectivity index (χ3v) is 11.3. The lowest BCUT2D eigenvalue weighted by Crippen LogP contribution is -2.46. The highest BCUT2D eigenvalue weighted by atomic mass is 35.5. The van der Waals surface area contributed by atoms with Crippen LogP contribution in [0.3, 0.4) is 0 Å². The number of nitrogens with one attached hydrogen (secondary N) is 1. The summed E-state index contributed by atoms with van der Waals surface area (Å²) in [6.45, 7) is 6.23. The van der Waals surface area contributed by atoms with Gasteiger partial charge in [-0.15, -0.1) is 0 Å². The Morgan fingerprint density at radius 3 is 1.52 bits per heavy atom. The predicted octanol–water partition coefficient (Wildman–Crippen LogP) is 8.12. The molecule has 0 radical (unpaired) electrons. The Bertz CT molecular complexity index is 2610. The molecule has 0 aliphatic heterocycles. The molecule has 6 aromatic rings. The molecule has 0 amide bonds. The summed E-state index contributed by atoms with van der Waals surface area (Å²) >= 11 is 13.5. The molecule has 2 aromatic heterocycles. The number of nitrogens with zero attached hydrogens (tertiary/aromatic N) is 4. The minimum Gasteiger partial charge on any atom is -0.488 e. The van der Waals surface area contributed by atoms with E-state index in [-0.39, 0.29) is 39.6 Å². The van der Waals surface area contributed by atoms with Crippen molar-refractivity contribution >= 4 is 35.6 Å². The highest BCUT2D eigenvalue weighted by Crippen LogP contribution is 2.37. The average molecular weight is 923 g/mol. The van der Waals surface area contributed by atoms with Crippen LogP contribution < -0.4 is 24.3 Å². The molecular formula is C50H53Cl2N5O8. The molecule has 0 unspecified atom stereocenters. The van der Waals surface area contributed by atoms with Crippen LogP contribution in [0.15, 0.2) is 108 Å². The Labute approximate surface area is 389 Å². The Morgan fingerprint density at radius 1 is 0.615 bits per heavy atom. The molecule has 2 heterocycles. The molecule has 0 bridgehead atoms. The van der Waals surface area contributed by atoms with E-state index >= 15 is 0 Å². The van der Waals surface area contributed by atoms with E-state index in [1.54, 1.807) is 75.6 Å². The first-order valence-electron chi connectivity index (χ1n) is 20.8. The molecule has 6 rings (SSSR count). The van der Waals surface area contributed by atoms with Gasteiger partial charge in [0, 0.05) is 103 Å². The lowest BCUT2D eigenvalue weighted by molar-refractivity contribution is -0.0937. The highest BCUT2D eigenvalue weighted by Gasteiger charge is 2.23. The zero-order valence-electron chi connectivity index (χ0n) is 36.8. The standard InChI is InChI=1S/C50H53Cl2N5O8/c1-30-37(28-64-47-16-45(62-26-35-12-33(18-53-4)20-55-22-35)39(14-43(47)51)24-57-49(32(3)59)50(60)61)8-6-10-41(30)42-11-7-9-38(31(42)2)29-65-48-17-46(40(25-58)15-44(48)52)63-27-36-13-34(19-54-5)21-56-23-36/h6-23,32,49-50,57-61H,24-29H2,1-5H3/t32-,49-/m1/s1. The minimum absolute atomic E-state index is 0.107. The van der Waals surface area contributed by atoms with Gasteiger partial charge in [0.25, 0.3) is 0 Å². The quantitative estimate of drug-likeness (QED) is 0.0348. The summed E-state index contributed by atoms with van der Waals surface area (Å²) in [4.78, 5) is 16.7. The van der Waals surface area contributed by atoms with E-state index in [1.807, 2.05) is 36.4 Å². The van der Waals surface area contributed by atoms with Crippen molar-refractivity contribution in [2.75, 3.05) is 14.1 Å². The number of aliphatic imine (C=N–C) groups is 2. The van der Waals surface area contributed by atoms with Gasteiger partial charge in [0.15, 0.2) is 6.29 Å². The van der Waals surface area contributed by atoms with Crippen LogP contribution in [-0.2, 0) is 39.6 Å². The zero-order valence-corrected chi connectivity index (χ0v) is 38.3. The fourth-order valence-corrected chi connectivity index (χ4v) is 7.65. The van der Waals surface area contributed by atoms with Crippen molar-refractivity contribution in [3.05, 3.63) is 163 Å². The van der Waals surface area contributed by atoms with Crippen molar-refractivity contribution < 1.29 is 39.4 Å². The summed E-state index contributed by atoms with van der Waals surface area (Å²) in [6.07, 6.45) is 7.42. The number of aromatic nitrogens is 2. The Morgan fingerprint density at radius 2 is 1.08 bits per heavy atom. The number of rotatable bonds is 21. The first kappa shape index (κ1) is 48.6. The first-order valence-corrected chi connectivity index (χ1v) is 21.6. The van der Waals surface area contributed by atoms with Gasteiger partial charge in [0.05, 0.1) is 28.8 Å². The SMILES string of the molecule is CN=Cc1cncc(COc2cc(OCc3cccc(-c4cccc(COc5cc(OCc6cncc(C=NC)c6)c(CN[C@@H](C(O)O)[C@@H](C)O)cc5Cl)c4C)c3C)c(Cl)cc2CO)c1. The van der Waals surface area contributed by atoms with E-state index in [4.69, 9.17) is 42.1 Å². The van der Waals surface area contributed by atoms with Crippen molar-refractivity contribution in [1.82, 2.24) is 15.3 Å². The van der Waals surface area contributed by atoms with Crippen LogP contribution in [0.2, 0.25) is 10.0 Å². The summed E-state index contributed by atoms with van der Waals surface area (Å²) in [5.41, 5.74) is 10.5. The summed E-state index contributed by atoms with van der Waals surface area (Å²) in [6, 6.07) is 21.7. The van der Waals surface area contributed by atoms with Crippen molar-refractivity contribution in [1.29, 1.82) is 0 Å². The summed E-state index contributed by atoms with van der Waals surface area (Å²) in [5.74, 6) is 1.70. The van der Waals surface area contributed by atoms with Crippen LogP contribution in [0.4, 0.5) is 0 Å². The maximum absolute atomic E-state index is 10.1. The Kier molecular flexibility index (Phi) is 17.4. The van der Waals surface area contributed by atoms with Gasteiger partial charge >= 0.3 is 0 Å². The first-order chi connectivity index (χ1) is 31.4. The average Bonchev–Trinajstić information content (AvgIpc) is 3.28. The topological polar surface area (TPSA) is 180 Å². The minimum atomic E-state index is -1.80. The molecule has 2 atom stereocenters. The molecule has 0 saturated heterocycles. The number of aliphatic hydroxyl groups excluding tert-OH is 3. The third-order valence-electron chi connectivity index (χ3n) is 10.7. The number of aliphatic hydroxyl groups is 4. The largest absolute Gasteiger partial charge is 0.488 e. The summed E-state index contributed by atoms with van der Waals surface area (Å²) in [7, 11) is 3.38. The van der Waals surface area contributed by atoms with Gasteiger partial charge in [-0.1, -0.05) is 59.6 Å². The summed E-state index contributed by atoms with van der Waals surface area (Å²) in [5, 5.41) is 43.6. The normalized spacial score (nSPS) is 12.6. The second-order valence-corrected chi connectivity index (χ2v) is 16.2. The van der Waals surface area contributed by atoms with Crippen LogP contribution in [0.5, 0.6) is 23.0 Å². The number of benzene rings is 4. The lowest BCUT2D eigenvalue weighted by Gasteiger charge is -2.24. The van der Waals surface area contributed by atoms with Gasteiger partial charge in [-0.05, 0) is 78.4 Å². The van der Waals surface area contributed by atoms with E-state index in [2.05, 4.69) is 51.2 Å². The predicted molar refractivity (Wildman–Crippen MR) is 254 cm³/mol. The van der Waals surface area contributed by atoms with Crippen molar-refractivity contribution in [2.24, 2.45) is 9.98 Å². The van der Waals surface area contributed by atoms with Crippen LogP contribution in [0, 0.1) is 13.8 Å². The molecule has 340 valence electrons. The Hall–Kier alpha value is -5.90.